The van der Waals surface area contributed by atoms with E-state index in [2.05, 4.69) is 11.9 Å². The summed E-state index contributed by atoms with van der Waals surface area (Å²) in [4.78, 5) is 4.34. The number of ether oxygens (including phenoxy) is 1. The van der Waals surface area contributed by atoms with Gasteiger partial charge in [0, 0.05) is 22.7 Å². The van der Waals surface area contributed by atoms with Gasteiger partial charge in [-0.05, 0) is 48.7 Å². The highest BCUT2D eigenvalue weighted by Gasteiger charge is 2.05. The van der Waals surface area contributed by atoms with Crippen LogP contribution < -0.4 is 4.74 Å². The highest BCUT2D eigenvalue weighted by molar-refractivity contribution is 6.31. The highest BCUT2D eigenvalue weighted by Crippen LogP contribution is 2.26. The standard InChI is InChI=1S/C15H15Cl2NO/c1-3-12-8-13(4-5-14(12)17)19-15-7-11(9-16)6-10(2)18-15/h4-8H,3,9H2,1-2H3. The average molecular weight is 296 g/mol. The van der Waals surface area contributed by atoms with Gasteiger partial charge in [0.25, 0.3) is 0 Å². The maximum atomic E-state index is 6.08. The van der Waals surface area contributed by atoms with Crippen LogP contribution in [0.2, 0.25) is 5.02 Å². The van der Waals surface area contributed by atoms with E-state index >= 15 is 0 Å². The molecule has 0 saturated carbocycles. The van der Waals surface area contributed by atoms with Crippen molar-refractivity contribution in [3.05, 3.63) is 52.2 Å². The van der Waals surface area contributed by atoms with Gasteiger partial charge in [0.15, 0.2) is 0 Å². The molecular weight excluding hydrogens is 281 g/mol. The summed E-state index contributed by atoms with van der Waals surface area (Å²) in [6.45, 7) is 3.98. The first-order valence-corrected chi connectivity index (χ1v) is 7.03. The minimum absolute atomic E-state index is 0.445. The normalized spacial score (nSPS) is 10.5. The Morgan fingerprint density at radius 1 is 1.21 bits per heavy atom. The van der Waals surface area contributed by atoms with Crippen LogP contribution in [0.4, 0.5) is 0 Å². The van der Waals surface area contributed by atoms with E-state index < -0.39 is 0 Å². The molecule has 1 heterocycles. The lowest BCUT2D eigenvalue weighted by molar-refractivity contribution is 0.460. The second kappa shape index (κ2) is 6.27. The zero-order valence-corrected chi connectivity index (χ0v) is 12.4. The number of alkyl halides is 1. The largest absolute Gasteiger partial charge is 0.439 e. The van der Waals surface area contributed by atoms with Crippen LogP contribution in [0, 0.1) is 6.92 Å². The molecule has 0 atom stereocenters. The third-order valence-electron chi connectivity index (χ3n) is 2.76. The summed E-state index contributed by atoms with van der Waals surface area (Å²) in [7, 11) is 0. The molecule has 2 rings (SSSR count). The smallest absolute Gasteiger partial charge is 0.219 e. The minimum Gasteiger partial charge on any atom is -0.439 e. The van der Waals surface area contributed by atoms with E-state index in [0.717, 1.165) is 34.0 Å². The van der Waals surface area contributed by atoms with Crippen molar-refractivity contribution in [2.45, 2.75) is 26.1 Å². The lowest BCUT2D eigenvalue weighted by Crippen LogP contribution is -1.93. The zero-order valence-electron chi connectivity index (χ0n) is 10.9. The van der Waals surface area contributed by atoms with Crippen LogP contribution in [-0.2, 0) is 12.3 Å². The van der Waals surface area contributed by atoms with Gasteiger partial charge in [-0.1, -0.05) is 18.5 Å². The molecule has 2 aromatic rings. The summed E-state index contributed by atoms with van der Waals surface area (Å²) < 4.78 is 5.77. The topological polar surface area (TPSA) is 22.1 Å². The zero-order chi connectivity index (χ0) is 13.8. The van der Waals surface area contributed by atoms with Crippen molar-refractivity contribution in [3.8, 4) is 11.6 Å². The van der Waals surface area contributed by atoms with Crippen molar-refractivity contribution in [2.24, 2.45) is 0 Å². The second-order valence-corrected chi connectivity index (χ2v) is 4.97. The van der Waals surface area contributed by atoms with E-state index in [0.29, 0.717) is 11.8 Å². The van der Waals surface area contributed by atoms with Crippen LogP contribution in [0.25, 0.3) is 0 Å². The van der Waals surface area contributed by atoms with Crippen LogP contribution >= 0.6 is 23.2 Å². The first kappa shape index (κ1) is 14.2. The molecular formula is C15H15Cl2NO. The van der Waals surface area contributed by atoms with Gasteiger partial charge in [0.1, 0.15) is 5.75 Å². The van der Waals surface area contributed by atoms with Gasteiger partial charge >= 0.3 is 0 Å². The number of aromatic nitrogens is 1. The molecule has 0 aliphatic heterocycles. The number of rotatable bonds is 4. The molecule has 0 radical (unpaired) electrons. The Bertz CT molecular complexity index is 584. The van der Waals surface area contributed by atoms with Gasteiger partial charge in [-0.3, -0.25) is 0 Å². The summed E-state index contributed by atoms with van der Waals surface area (Å²) in [5, 5.41) is 0.758. The molecule has 0 N–H and O–H groups in total. The van der Waals surface area contributed by atoms with Gasteiger partial charge in [0.05, 0.1) is 0 Å². The van der Waals surface area contributed by atoms with E-state index in [-0.39, 0.29) is 0 Å². The second-order valence-electron chi connectivity index (χ2n) is 4.30. The van der Waals surface area contributed by atoms with Crippen molar-refractivity contribution in [3.63, 3.8) is 0 Å². The molecule has 0 amide bonds. The van der Waals surface area contributed by atoms with Crippen molar-refractivity contribution >= 4 is 23.2 Å². The number of aryl methyl sites for hydroxylation is 2. The van der Waals surface area contributed by atoms with Crippen molar-refractivity contribution in [1.29, 1.82) is 0 Å². The van der Waals surface area contributed by atoms with Crippen LogP contribution in [0.1, 0.15) is 23.7 Å². The number of pyridine rings is 1. The molecule has 2 nitrogen and oxygen atoms in total. The first-order valence-electron chi connectivity index (χ1n) is 6.12. The Kier molecular flexibility index (Phi) is 4.67. The Hall–Kier alpha value is -1.25. The van der Waals surface area contributed by atoms with E-state index in [1.165, 1.54) is 0 Å². The van der Waals surface area contributed by atoms with E-state index in [1.807, 2.05) is 37.3 Å². The van der Waals surface area contributed by atoms with Gasteiger partial charge in [-0.2, -0.15) is 0 Å². The van der Waals surface area contributed by atoms with Crippen LogP contribution in [0.3, 0.4) is 0 Å². The molecule has 100 valence electrons. The van der Waals surface area contributed by atoms with Crippen molar-refractivity contribution in [1.82, 2.24) is 4.98 Å². The van der Waals surface area contributed by atoms with Crippen LogP contribution in [0.15, 0.2) is 30.3 Å². The van der Waals surface area contributed by atoms with Gasteiger partial charge in [0.2, 0.25) is 5.88 Å². The van der Waals surface area contributed by atoms with E-state index in [1.54, 1.807) is 0 Å². The Morgan fingerprint density at radius 2 is 2.00 bits per heavy atom. The molecule has 1 aromatic carbocycles. The third-order valence-corrected chi connectivity index (χ3v) is 3.44. The molecule has 0 spiro atoms. The number of hydrogen-bond donors (Lipinski definition) is 0. The fourth-order valence-corrected chi connectivity index (χ4v) is 2.25. The maximum absolute atomic E-state index is 6.08. The molecule has 0 aliphatic rings. The minimum atomic E-state index is 0.445. The van der Waals surface area contributed by atoms with E-state index in [9.17, 15) is 0 Å². The van der Waals surface area contributed by atoms with Gasteiger partial charge in [-0.25, -0.2) is 4.98 Å². The van der Waals surface area contributed by atoms with Crippen molar-refractivity contribution < 1.29 is 4.74 Å². The predicted molar refractivity (Wildman–Crippen MR) is 79.4 cm³/mol. The summed E-state index contributed by atoms with van der Waals surface area (Å²) >= 11 is 11.9. The summed E-state index contributed by atoms with van der Waals surface area (Å²) in [5.74, 6) is 1.74. The number of hydrogen-bond acceptors (Lipinski definition) is 2. The Balaban J connectivity index is 2.28. The number of halogens is 2. The monoisotopic (exact) mass is 295 g/mol. The highest BCUT2D eigenvalue weighted by atomic mass is 35.5. The fraction of sp³-hybridized carbons (Fsp3) is 0.267. The Labute approximate surface area is 123 Å². The molecule has 19 heavy (non-hydrogen) atoms. The van der Waals surface area contributed by atoms with E-state index in [4.69, 9.17) is 27.9 Å². The molecule has 0 saturated heterocycles. The van der Waals surface area contributed by atoms with Crippen LogP contribution in [-0.4, -0.2) is 4.98 Å². The lowest BCUT2D eigenvalue weighted by atomic mass is 10.1. The maximum Gasteiger partial charge on any atom is 0.219 e. The first-order chi connectivity index (χ1) is 9.12. The predicted octanol–water partition coefficient (Wildman–Crippen LogP) is 5.14. The summed E-state index contributed by atoms with van der Waals surface area (Å²) in [6.07, 6.45) is 0.865. The van der Waals surface area contributed by atoms with Gasteiger partial charge in [-0.15, -0.1) is 11.6 Å². The third kappa shape index (κ3) is 3.62. The van der Waals surface area contributed by atoms with Gasteiger partial charge < -0.3 is 4.74 Å². The Morgan fingerprint density at radius 3 is 2.68 bits per heavy atom. The van der Waals surface area contributed by atoms with Crippen LogP contribution in [0.5, 0.6) is 11.6 Å². The quantitative estimate of drug-likeness (QED) is 0.729. The molecule has 0 bridgehead atoms. The summed E-state index contributed by atoms with van der Waals surface area (Å²) in [6, 6.07) is 9.41. The lowest BCUT2D eigenvalue weighted by Gasteiger charge is -2.09. The molecule has 0 fully saturated rings. The SMILES string of the molecule is CCc1cc(Oc2cc(CCl)cc(C)n2)ccc1Cl. The van der Waals surface area contributed by atoms with Crippen molar-refractivity contribution in [2.75, 3.05) is 0 Å². The molecule has 0 unspecified atom stereocenters. The molecule has 1 aromatic heterocycles. The number of benzene rings is 1. The molecule has 4 heteroatoms. The summed E-state index contributed by atoms with van der Waals surface area (Å²) in [5.41, 5.74) is 2.94. The average Bonchev–Trinajstić information content (AvgIpc) is 2.40. The fourth-order valence-electron chi connectivity index (χ4n) is 1.84. The number of nitrogens with zero attached hydrogens (tertiary/aromatic N) is 1. The molecule has 0 aliphatic carbocycles.